The first-order valence-corrected chi connectivity index (χ1v) is 14.9. The standard InChI is InChI=1S/C32H33FN4O3S/c33-26-19-29(27-11-17-41-30(27)20-26)36-15-13-35(14-16-36)12-10-23-6-7-25-8-9-31(38)37(28(25)18-23)22-40-32(39)34-21-24-4-2-1-3-5-24/h1-7,11,17-20H,8-10,12-16,21-22H2,(H,34,39). The number of carbonyl (C=O) groups excluding carboxylic acids is 2. The third-order valence-corrected chi connectivity index (χ3v) is 8.76. The second-order valence-corrected chi connectivity index (χ2v) is 11.5. The highest BCUT2D eigenvalue weighted by Gasteiger charge is 2.26. The first kappa shape index (κ1) is 27.2. The molecule has 9 heteroatoms. The summed E-state index contributed by atoms with van der Waals surface area (Å²) in [6, 6.07) is 21.2. The van der Waals surface area contributed by atoms with Gasteiger partial charge >= 0.3 is 6.09 Å². The van der Waals surface area contributed by atoms with Crippen LogP contribution in [0.1, 0.15) is 23.1 Å². The predicted octanol–water partition coefficient (Wildman–Crippen LogP) is 5.57. The number of rotatable bonds is 8. The number of benzene rings is 3. The number of fused-ring (bicyclic) bond motifs is 2. The second-order valence-electron chi connectivity index (χ2n) is 10.5. The third kappa shape index (κ3) is 6.36. The van der Waals surface area contributed by atoms with Gasteiger partial charge in [0.15, 0.2) is 6.73 Å². The van der Waals surface area contributed by atoms with E-state index in [1.54, 1.807) is 28.4 Å². The van der Waals surface area contributed by atoms with E-state index in [4.69, 9.17) is 4.74 Å². The van der Waals surface area contributed by atoms with Crippen molar-refractivity contribution in [3.8, 4) is 0 Å². The highest BCUT2D eigenvalue weighted by atomic mass is 32.1. The summed E-state index contributed by atoms with van der Waals surface area (Å²) < 4.78 is 20.6. The number of hydrogen-bond donors (Lipinski definition) is 1. The van der Waals surface area contributed by atoms with Crippen molar-refractivity contribution in [2.75, 3.05) is 49.3 Å². The van der Waals surface area contributed by atoms with Gasteiger partial charge in [-0.05, 0) is 59.2 Å². The zero-order valence-electron chi connectivity index (χ0n) is 22.9. The maximum atomic E-state index is 14.2. The van der Waals surface area contributed by atoms with Crippen molar-refractivity contribution >= 4 is 44.8 Å². The molecule has 41 heavy (non-hydrogen) atoms. The molecular weight excluding hydrogens is 539 g/mol. The number of carbonyl (C=O) groups is 2. The summed E-state index contributed by atoms with van der Waals surface area (Å²) in [6.07, 6.45) is 1.38. The highest BCUT2D eigenvalue weighted by molar-refractivity contribution is 7.17. The summed E-state index contributed by atoms with van der Waals surface area (Å²) in [5, 5.41) is 5.88. The fourth-order valence-corrected chi connectivity index (χ4v) is 6.44. The van der Waals surface area contributed by atoms with Crippen molar-refractivity contribution in [1.82, 2.24) is 10.2 Å². The summed E-state index contributed by atoms with van der Waals surface area (Å²) in [5.74, 6) is -0.228. The van der Waals surface area contributed by atoms with Crippen LogP contribution >= 0.6 is 11.3 Å². The molecule has 0 aliphatic carbocycles. The quantitative estimate of drug-likeness (QED) is 0.299. The number of nitrogens with zero attached hydrogens (tertiary/aromatic N) is 3. The molecule has 212 valence electrons. The molecule has 1 aromatic heterocycles. The van der Waals surface area contributed by atoms with Gasteiger partial charge in [0.25, 0.3) is 0 Å². The molecular formula is C32H33FN4O3S. The largest absolute Gasteiger partial charge is 0.428 e. The van der Waals surface area contributed by atoms with Crippen LogP contribution in [0, 0.1) is 5.82 Å². The molecule has 2 aliphatic heterocycles. The molecule has 7 nitrogen and oxygen atoms in total. The van der Waals surface area contributed by atoms with Gasteiger partial charge in [-0.25, -0.2) is 9.18 Å². The molecule has 1 fully saturated rings. The van der Waals surface area contributed by atoms with E-state index in [0.717, 1.165) is 77.3 Å². The van der Waals surface area contributed by atoms with Crippen LogP contribution in [0.4, 0.5) is 20.6 Å². The number of ether oxygens (including phenoxy) is 1. The Hall–Kier alpha value is -3.95. The fourth-order valence-electron chi connectivity index (χ4n) is 5.61. The summed E-state index contributed by atoms with van der Waals surface area (Å²) in [6.45, 7) is 4.66. The van der Waals surface area contributed by atoms with Crippen LogP contribution in [0.15, 0.2) is 72.1 Å². The van der Waals surface area contributed by atoms with Crippen molar-refractivity contribution < 1.29 is 18.7 Å². The molecule has 0 radical (unpaired) electrons. The summed E-state index contributed by atoms with van der Waals surface area (Å²) in [4.78, 5) is 31.4. The van der Waals surface area contributed by atoms with Crippen LogP contribution in [0.5, 0.6) is 0 Å². The average molecular weight is 573 g/mol. The Morgan fingerprint density at radius 3 is 2.59 bits per heavy atom. The zero-order chi connectivity index (χ0) is 28.2. The Bertz CT molecular complexity index is 1530. The molecule has 0 spiro atoms. The van der Waals surface area contributed by atoms with Crippen molar-refractivity contribution in [3.63, 3.8) is 0 Å². The van der Waals surface area contributed by atoms with Gasteiger partial charge in [0.05, 0.1) is 5.69 Å². The molecule has 4 aromatic rings. The van der Waals surface area contributed by atoms with Crippen molar-refractivity contribution in [2.45, 2.75) is 25.8 Å². The van der Waals surface area contributed by atoms with Gasteiger partial charge in [-0.2, -0.15) is 0 Å². The lowest BCUT2D eigenvalue weighted by atomic mass is 9.98. The predicted molar refractivity (Wildman–Crippen MR) is 161 cm³/mol. The Morgan fingerprint density at radius 1 is 0.927 bits per heavy atom. The van der Waals surface area contributed by atoms with Crippen LogP contribution in [0.3, 0.4) is 0 Å². The van der Waals surface area contributed by atoms with Gasteiger partial charge in [-0.3, -0.25) is 14.6 Å². The molecule has 0 atom stereocenters. The topological polar surface area (TPSA) is 65.1 Å². The van der Waals surface area contributed by atoms with E-state index in [1.807, 2.05) is 35.7 Å². The molecule has 6 rings (SSSR count). The molecule has 3 aromatic carbocycles. The van der Waals surface area contributed by atoms with Gasteiger partial charge in [-0.1, -0.05) is 42.5 Å². The monoisotopic (exact) mass is 572 g/mol. The van der Waals surface area contributed by atoms with Crippen molar-refractivity contribution in [2.24, 2.45) is 0 Å². The molecule has 0 unspecified atom stereocenters. The van der Waals surface area contributed by atoms with Gasteiger partial charge in [0.1, 0.15) is 5.82 Å². The maximum Gasteiger partial charge on any atom is 0.409 e. The number of anilines is 2. The first-order chi connectivity index (χ1) is 20.0. The van der Waals surface area contributed by atoms with Gasteiger partial charge in [0.2, 0.25) is 5.91 Å². The lowest BCUT2D eigenvalue weighted by Gasteiger charge is -2.36. The van der Waals surface area contributed by atoms with E-state index in [1.165, 1.54) is 0 Å². The van der Waals surface area contributed by atoms with Gasteiger partial charge in [-0.15, -0.1) is 11.3 Å². The Kier molecular flexibility index (Phi) is 8.16. The minimum atomic E-state index is -0.554. The van der Waals surface area contributed by atoms with Crippen LogP contribution in [0.2, 0.25) is 0 Å². The summed E-state index contributed by atoms with van der Waals surface area (Å²) >= 11 is 1.57. The number of alkyl carbamates (subject to hydrolysis) is 1. The normalized spacial score (nSPS) is 15.7. The van der Waals surface area contributed by atoms with Crippen LogP contribution < -0.4 is 15.1 Å². The number of aryl methyl sites for hydroxylation is 1. The van der Waals surface area contributed by atoms with Crippen molar-refractivity contribution in [1.29, 1.82) is 0 Å². The summed E-state index contributed by atoms with van der Waals surface area (Å²) in [5.41, 5.74) is 5.01. The molecule has 1 N–H and O–H groups in total. The van der Waals surface area contributed by atoms with E-state index in [9.17, 15) is 14.0 Å². The first-order valence-electron chi connectivity index (χ1n) is 14.0. The minimum Gasteiger partial charge on any atom is -0.428 e. The lowest BCUT2D eigenvalue weighted by Crippen LogP contribution is -2.47. The molecule has 2 aliphatic rings. The fraction of sp³-hybridized carbons (Fsp3) is 0.312. The summed E-state index contributed by atoms with van der Waals surface area (Å²) in [7, 11) is 0. The number of amides is 2. The average Bonchev–Trinajstić information content (AvgIpc) is 3.47. The smallest absolute Gasteiger partial charge is 0.409 e. The van der Waals surface area contributed by atoms with E-state index in [2.05, 4.69) is 39.4 Å². The number of nitrogens with one attached hydrogen (secondary N) is 1. The highest BCUT2D eigenvalue weighted by Crippen LogP contribution is 2.33. The van der Waals surface area contributed by atoms with E-state index in [0.29, 0.717) is 19.4 Å². The van der Waals surface area contributed by atoms with Crippen LogP contribution in [-0.4, -0.2) is 56.4 Å². The Labute approximate surface area is 243 Å². The van der Waals surface area contributed by atoms with E-state index < -0.39 is 6.09 Å². The zero-order valence-corrected chi connectivity index (χ0v) is 23.7. The lowest BCUT2D eigenvalue weighted by molar-refractivity contribution is -0.119. The SMILES string of the molecule is O=C(NCc1ccccc1)OCN1C(=O)CCc2ccc(CCN3CCN(c4cc(F)cc5sccc45)CC3)cc21. The Morgan fingerprint density at radius 2 is 1.76 bits per heavy atom. The second kappa shape index (κ2) is 12.3. The molecule has 0 bridgehead atoms. The molecule has 2 amide bonds. The molecule has 3 heterocycles. The number of hydrogen-bond acceptors (Lipinski definition) is 6. The van der Waals surface area contributed by atoms with E-state index in [-0.39, 0.29) is 18.5 Å². The number of piperazine rings is 1. The molecule has 0 saturated carbocycles. The molecule has 1 saturated heterocycles. The minimum absolute atomic E-state index is 0.0429. The van der Waals surface area contributed by atoms with Gasteiger partial charge in [0, 0.05) is 61.5 Å². The van der Waals surface area contributed by atoms with Gasteiger partial charge < -0.3 is 15.0 Å². The van der Waals surface area contributed by atoms with Crippen molar-refractivity contribution in [3.05, 3.63) is 94.6 Å². The van der Waals surface area contributed by atoms with Crippen LogP contribution in [-0.2, 0) is 28.9 Å². The maximum absolute atomic E-state index is 14.2. The van der Waals surface area contributed by atoms with Crippen LogP contribution in [0.25, 0.3) is 10.1 Å². The Balaban J connectivity index is 1.03. The van der Waals surface area contributed by atoms with E-state index >= 15 is 0 Å². The third-order valence-electron chi connectivity index (χ3n) is 7.90. The number of halogens is 1. The number of thiophene rings is 1.